The summed E-state index contributed by atoms with van der Waals surface area (Å²) in [7, 11) is 0. The molecule has 1 heterocycles. The zero-order chi connectivity index (χ0) is 16.5. The first kappa shape index (κ1) is 17.9. The van der Waals surface area contributed by atoms with Gasteiger partial charge in [-0.1, -0.05) is 19.6 Å². The van der Waals surface area contributed by atoms with Gasteiger partial charge in [0.2, 0.25) is 0 Å². The molecule has 0 bridgehead atoms. The molecule has 0 saturated carbocycles. The fourth-order valence-corrected chi connectivity index (χ4v) is 1.89. The maximum atomic E-state index is 13.4. The molecule has 0 fully saturated rings. The average Bonchev–Trinajstić information content (AvgIpc) is 2.45. The number of rotatable bonds is 9. The number of unbranched alkanes of at least 4 members (excludes halogenated alkanes) is 1. The van der Waals surface area contributed by atoms with Crippen molar-refractivity contribution < 1.29 is 9.13 Å². The van der Waals surface area contributed by atoms with E-state index in [0.717, 1.165) is 19.3 Å². The molecule has 0 aromatic carbocycles. The van der Waals surface area contributed by atoms with Crippen LogP contribution in [0.1, 0.15) is 38.7 Å². The predicted octanol–water partition coefficient (Wildman–Crippen LogP) is 3.57. The third kappa shape index (κ3) is 5.71. The predicted molar refractivity (Wildman–Crippen MR) is 87.9 cm³/mol. The molecule has 0 spiro atoms. The maximum Gasteiger partial charge on any atom is 0.312 e. The van der Waals surface area contributed by atoms with Gasteiger partial charge in [0.25, 0.3) is 0 Å². The smallest absolute Gasteiger partial charge is 0.312 e. The molecule has 0 radical (unpaired) electrons. The van der Waals surface area contributed by atoms with E-state index in [-0.39, 0.29) is 5.82 Å². The lowest BCUT2D eigenvalue weighted by Crippen LogP contribution is -2.22. The number of anilines is 2. The van der Waals surface area contributed by atoms with Gasteiger partial charge in [-0.15, -0.1) is 0 Å². The molecule has 5 nitrogen and oxygen atoms in total. The second-order valence-electron chi connectivity index (χ2n) is 5.07. The summed E-state index contributed by atoms with van der Waals surface area (Å²) in [5.74, 6) is 1.39. The highest BCUT2D eigenvalue weighted by Crippen LogP contribution is 2.22. The van der Waals surface area contributed by atoms with E-state index < -0.39 is 6.08 Å². The number of hydrogen-bond acceptors (Lipinski definition) is 5. The molecule has 1 aromatic heterocycles. The van der Waals surface area contributed by atoms with Gasteiger partial charge in [-0.2, -0.15) is 14.4 Å². The van der Waals surface area contributed by atoms with Crippen molar-refractivity contribution >= 4 is 11.6 Å². The van der Waals surface area contributed by atoms with Gasteiger partial charge in [0.05, 0.1) is 12.4 Å². The van der Waals surface area contributed by atoms with Crippen LogP contribution in [-0.2, 0) is 4.74 Å². The minimum atomic E-state index is -0.807. The third-order valence-corrected chi connectivity index (χ3v) is 3.07. The van der Waals surface area contributed by atoms with Crippen molar-refractivity contribution in [3.05, 3.63) is 36.3 Å². The third-order valence-electron chi connectivity index (χ3n) is 3.07. The van der Waals surface area contributed by atoms with Crippen molar-refractivity contribution in [3.63, 3.8) is 0 Å². The Morgan fingerprint density at radius 2 is 2.14 bits per heavy atom. The molecule has 0 aliphatic heterocycles. The number of hydrogen-bond donors (Lipinski definition) is 1. The largest absolute Gasteiger partial charge is 0.499 e. The highest BCUT2D eigenvalue weighted by molar-refractivity contribution is 5.57. The van der Waals surface area contributed by atoms with Gasteiger partial charge >= 0.3 is 6.08 Å². The molecule has 0 saturated heterocycles. The van der Waals surface area contributed by atoms with Crippen molar-refractivity contribution in [2.75, 3.05) is 23.8 Å². The van der Waals surface area contributed by atoms with Crippen LogP contribution in [0.25, 0.3) is 0 Å². The van der Waals surface area contributed by atoms with E-state index in [1.54, 1.807) is 6.92 Å². The van der Waals surface area contributed by atoms with Crippen molar-refractivity contribution in [3.8, 4) is 0 Å². The van der Waals surface area contributed by atoms with E-state index in [4.69, 9.17) is 10.5 Å². The summed E-state index contributed by atoms with van der Waals surface area (Å²) >= 11 is 0. The first-order valence-corrected chi connectivity index (χ1v) is 7.47. The molecule has 0 amide bonds. The molecule has 22 heavy (non-hydrogen) atoms. The van der Waals surface area contributed by atoms with Gasteiger partial charge in [0, 0.05) is 18.3 Å². The van der Waals surface area contributed by atoms with E-state index in [1.807, 2.05) is 31.0 Å². The van der Waals surface area contributed by atoms with Crippen LogP contribution in [-0.4, -0.2) is 23.1 Å². The van der Waals surface area contributed by atoms with Gasteiger partial charge in [-0.05, 0) is 33.1 Å². The van der Waals surface area contributed by atoms with Crippen molar-refractivity contribution in [2.24, 2.45) is 0 Å². The Hall–Kier alpha value is -2.11. The molecule has 122 valence electrons. The van der Waals surface area contributed by atoms with Gasteiger partial charge in [0.15, 0.2) is 0 Å². The van der Waals surface area contributed by atoms with Crippen molar-refractivity contribution in [1.82, 2.24) is 9.97 Å². The molecule has 1 aromatic rings. The number of allylic oxidation sites excluding steroid dienone is 2. The van der Waals surface area contributed by atoms with Crippen LogP contribution in [0.2, 0.25) is 0 Å². The van der Waals surface area contributed by atoms with Crippen LogP contribution < -0.4 is 10.6 Å². The normalized spacial score (nSPS) is 10.9. The van der Waals surface area contributed by atoms with E-state index in [2.05, 4.69) is 16.5 Å². The zero-order valence-corrected chi connectivity index (χ0v) is 13.6. The van der Waals surface area contributed by atoms with Gasteiger partial charge in [0.1, 0.15) is 11.6 Å². The van der Waals surface area contributed by atoms with E-state index in [9.17, 15) is 4.39 Å². The fraction of sp³-hybridized carbons (Fsp3) is 0.500. The number of halogens is 1. The standard InChI is InChI=1S/C16H25FN4O/c1-5-6-9-21(10-7-8-11-22-12(2)3)15-13(4)14(18)19-16(17)20-15/h6,9H,2,5,7-8,10-11H2,1,3-4H3,(H2,18,19,20)/b9-6-. The molecule has 1 rings (SSSR count). The Labute approximate surface area is 131 Å². The van der Waals surface area contributed by atoms with E-state index in [0.29, 0.717) is 30.3 Å². The Morgan fingerprint density at radius 1 is 1.41 bits per heavy atom. The van der Waals surface area contributed by atoms with E-state index in [1.165, 1.54) is 0 Å². The second kappa shape index (κ2) is 9.02. The van der Waals surface area contributed by atoms with Gasteiger partial charge in [-0.25, -0.2) is 0 Å². The molecule has 0 aliphatic rings. The number of aromatic nitrogens is 2. The Bertz CT molecular complexity index is 531. The number of nitrogens with two attached hydrogens (primary N) is 1. The molecular formula is C16H25FN4O. The lowest BCUT2D eigenvalue weighted by atomic mass is 10.2. The molecule has 6 heteroatoms. The molecular weight excluding hydrogens is 283 g/mol. The zero-order valence-electron chi connectivity index (χ0n) is 13.6. The van der Waals surface area contributed by atoms with Crippen LogP contribution in [0.4, 0.5) is 16.0 Å². The SMILES string of the molecule is C=C(C)OCCCCN(/C=C\CC)c1nc(F)nc(N)c1C. The van der Waals surface area contributed by atoms with Gasteiger partial charge < -0.3 is 15.4 Å². The molecule has 0 atom stereocenters. The molecule has 2 N–H and O–H groups in total. The highest BCUT2D eigenvalue weighted by Gasteiger charge is 2.13. The average molecular weight is 308 g/mol. The Balaban J connectivity index is 2.76. The van der Waals surface area contributed by atoms with Crippen LogP contribution >= 0.6 is 0 Å². The number of nitrogens with zero attached hydrogens (tertiary/aromatic N) is 3. The first-order chi connectivity index (χ1) is 10.5. The summed E-state index contributed by atoms with van der Waals surface area (Å²) in [6.45, 7) is 10.7. The van der Waals surface area contributed by atoms with Crippen LogP contribution in [0, 0.1) is 13.0 Å². The van der Waals surface area contributed by atoms with Crippen LogP contribution in [0.5, 0.6) is 0 Å². The first-order valence-electron chi connectivity index (χ1n) is 7.47. The molecule has 0 aliphatic carbocycles. The molecule has 0 unspecified atom stereocenters. The Kier molecular flexibility index (Phi) is 7.36. The highest BCUT2D eigenvalue weighted by atomic mass is 19.1. The minimum Gasteiger partial charge on any atom is -0.499 e. The topological polar surface area (TPSA) is 64.3 Å². The summed E-state index contributed by atoms with van der Waals surface area (Å²) < 4.78 is 18.8. The fourth-order valence-electron chi connectivity index (χ4n) is 1.89. The van der Waals surface area contributed by atoms with Gasteiger partial charge in [-0.3, -0.25) is 0 Å². The van der Waals surface area contributed by atoms with Crippen LogP contribution in [0.3, 0.4) is 0 Å². The lowest BCUT2D eigenvalue weighted by molar-refractivity contribution is 0.210. The second-order valence-corrected chi connectivity index (χ2v) is 5.07. The monoisotopic (exact) mass is 308 g/mol. The summed E-state index contributed by atoms with van der Waals surface area (Å²) in [5.41, 5.74) is 6.41. The summed E-state index contributed by atoms with van der Waals surface area (Å²) in [6, 6.07) is 0. The minimum absolute atomic E-state index is 0.169. The summed E-state index contributed by atoms with van der Waals surface area (Å²) in [5, 5.41) is 0. The number of ether oxygens (including phenoxy) is 1. The van der Waals surface area contributed by atoms with Crippen LogP contribution in [0.15, 0.2) is 24.6 Å². The number of nitrogen functional groups attached to an aromatic ring is 1. The van der Waals surface area contributed by atoms with Crippen molar-refractivity contribution in [2.45, 2.75) is 40.0 Å². The maximum absolute atomic E-state index is 13.4. The quantitative estimate of drug-likeness (QED) is 0.429. The van der Waals surface area contributed by atoms with E-state index >= 15 is 0 Å². The summed E-state index contributed by atoms with van der Waals surface area (Å²) in [4.78, 5) is 9.33. The lowest BCUT2D eigenvalue weighted by Gasteiger charge is -2.21. The summed E-state index contributed by atoms with van der Waals surface area (Å²) in [6.07, 6.45) is 5.75. The Morgan fingerprint density at radius 3 is 2.77 bits per heavy atom. The van der Waals surface area contributed by atoms with Crippen molar-refractivity contribution in [1.29, 1.82) is 0 Å².